The third-order valence-electron chi connectivity index (χ3n) is 5.84. The van der Waals surface area contributed by atoms with Crippen molar-refractivity contribution < 1.29 is 18.9 Å². The van der Waals surface area contributed by atoms with Gasteiger partial charge in [-0.25, -0.2) is 0 Å². The second kappa shape index (κ2) is 7.30. The molecule has 0 spiro atoms. The minimum Gasteiger partial charge on any atom is -0.493 e. The van der Waals surface area contributed by atoms with Gasteiger partial charge in [0, 0.05) is 38.9 Å². The Bertz CT molecular complexity index is 564. The standard InChI is InChI=1S/C19H29NO4/c1-21-15-8-9-19(24-4)10-11-20(17(19)12-15)13-14-6-5-7-16(22-2)18(14)23-3/h5-7,15,17H,8-13H2,1-4H3/t15-,17-,19+/m0/s1. The Balaban J connectivity index is 1.83. The van der Waals surface area contributed by atoms with Crippen LogP contribution in [-0.2, 0) is 16.0 Å². The van der Waals surface area contributed by atoms with Crippen molar-refractivity contribution in [1.29, 1.82) is 0 Å². The first-order valence-corrected chi connectivity index (χ1v) is 8.69. The molecule has 1 heterocycles. The van der Waals surface area contributed by atoms with Crippen LogP contribution in [0, 0.1) is 0 Å². The van der Waals surface area contributed by atoms with Crippen LogP contribution in [-0.4, -0.2) is 57.6 Å². The molecule has 0 N–H and O–H groups in total. The summed E-state index contributed by atoms with van der Waals surface area (Å²) >= 11 is 0. The Morgan fingerprint density at radius 1 is 1.12 bits per heavy atom. The number of rotatable bonds is 6. The first-order valence-electron chi connectivity index (χ1n) is 8.69. The molecule has 1 saturated heterocycles. The van der Waals surface area contributed by atoms with E-state index >= 15 is 0 Å². The zero-order valence-electron chi connectivity index (χ0n) is 15.2. The molecule has 2 fully saturated rings. The molecule has 5 heteroatoms. The number of methoxy groups -OCH3 is 4. The fourth-order valence-electron chi connectivity index (χ4n) is 4.46. The van der Waals surface area contributed by atoms with Crippen molar-refractivity contribution in [3.63, 3.8) is 0 Å². The quantitative estimate of drug-likeness (QED) is 0.799. The molecule has 134 valence electrons. The van der Waals surface area contributed by atoms with E-state index in [9.17, 15) is 0 Å². The second-order valence-electron chi connectivity index (χ2n) is 6.79. The van der Waals surface area contributed by atoms with Gasteiger partial charge >= 0.3 is 0 Å². The van der Waals surface area contributed by atoms with Gasteiger partial charge in [-0.05, 0) is 31.7 Å². The Labute approximate surface area is 144 Å². The van der Waals surface area contributed by atoms with Gasteiger partial charge in [-0.15, -0.1) is 0 Å². The lowest BCUT2D eigenvalue weighted by Gasteiger charge is -2.43. The molecular weight excluding hydrogens is 306 g/mol. The Kier molecular flexibility index (Phi) is 5.33. The molecule has 2 aliphatic rings. The minimum absolute atomic E-state index is 0.0267. The zero-order chi connectivity index (χ0) is 17.2. The molecule has 1 aliphatic heterocycles. The predicted molar refractivity (Wildman–Crippen MR) is 92.7 cm³/mol. The molecule has 0 radical (unpaired) electrons. The van der Waals surface area contributed by atoms with Crippen molar-refractivity contribution >= 4 is 0 Å². The largest absolute Gasteiger partial charge is 0.493 e. The van der Waals surface area contributed by atoms with Gasteiger partial charge in [0.05, 0.1) is 25.9 Å². The number of fused-ring (bicyclic) bond motifs is 1. The van der Waals surface area contributed by atoms with Crippen LogP contribution in [0.5, 0.6) is 11.5 Å². The average Bonchev–Trinajstić information content (AvgIpc) is 2.99. The Morgan fingerprint density at radius 3 is 2.62 bits per heavy atom. The molecule has 3 atom stereocenters. The van der Waals surface area contributed by atoms with Crippen LogP contribution < -0.4 is 9.47 Å². The highest BCUT2D eigenvalue weighted by Crippen LogP contribution is 2.44. The van der Waals surface area contributed by atoms with E-state index in [-0.39, 0.29) is 5.60 Å². The smallest absolute Gasteiger partial charge is 0.165 e. The molecule has 24 heavy (non-hydrogen) atoms. The van der Waals surface area contributed by atoms with Gasteiger partial charge in [-0.2, -0.15) is 0 Å². The molecule has 1 saturated carbocycles. The number of hydrogen-bond acceptors (Lipinski definition) is 5. The summed E-state index contributed by atoms with van der Waals surface area (Å²) in [6.45, 7) is 1.88. The second-order valence-corrected chi connectivity index (χ2v) is 6.79. The highest BCUT2D eigenvalue weighted by molar-refractivity contribution is 5.46. The lowest BCUT2D eigenvalue weighted by molar-refractivity contribution is -0.0947. The van der Waals surface area contributed by atoms with Crippen molar-refractivity contribution in [3.05, 3.63) is 23.8 Å². The fourth-order valence-corrected chi connectivity index (χ4v) is 4.46. The summed E-state index contributed by atoms with van der Waals surface area (Å²) in [4.78, 5) is 2.52. The summed E-state index contributed by atoms with van der Waals surface area (Å²) in [5.74, 6) is 1.61. The minimum atomic E-state index is -0.0267. The van der Waals surface area contributed by atoms with Gasteiger partial charge in [-0.3, -0.25) is 4.90 Å². The van der Waals surface area contributed by atoms with Crippen molar-refractivity contribution in [1.82, 2.24) is 4.90 Å². The number of benzene rings is 1. The zero-order valence-corrected chi connectivity index (χ0v) is 15.2. The molecule has 0 amide bonds. The molecular formula is C19H29NO4. The first kappa shape index (κ1) is 17.5. The molecule has 1 aromatic rings. The molecule has 1 aliphatic carbocycles. The highest BCUT2D eigenvalue weighted by atomic mass is 16.5. The van der Waals surface area contributed by atoms with E-state index in [0.29, 0.717) is 12.1 Å². The van der Waals surface area contributed by atoms with E-state index in [1.54, 1.807) is 14.2 Å². The summed E-state index contributed by atoms with van der Waals surface area (Å²) in [6, 6.07) is 6.46. The summed E-state index contributed by atoms with van der Waals surface area (Å²) in [5, 5.41) is 0. The van der Waals surface area contributed by atoms with Crippen molar-refractivity contribution in [3.8, 4) is 11.5 Å². The number of ether oxygens (including phenoxy) is 4. The Hall–Kier alpha value is -1.30. The van der Waals surface area contributed by atoms with E-state index < -0.39 is 0 Å². The number of nitrogens with zero attached hydrogens (tertiary/aromatic N) is 1. The highest BCUT2D eigenvalue weighted by Gasteiger charge is 2.51. The molecule has 0 bridgehead atoms. The van der Waals surface area contributed by atoms with Gasteiger partial charge in [0.25, 0.3) is 0 Å². The summed E-state index contributed by atoms with van der Waals surface area (Å²) in [5.41, 5.74) is 1.13. The van der Waals surface area contributed by atoms with Crippen molar-refractivity contribution in [2.75, 3.05) is 35.0 Å². The third-order valence-corrected chi connectivity index (χ3v) is 5.84. The lowest BCUT2D eigenvalue weighted by Crippen LogP contribution is -2.51. The number of para-hydroxylation sites is 1. The van der Waals surface area contributed by atoms with Gasteiger partial charge in [0.15, 0.2) is 11.5 Å². The van der Waals surface area contributed by atoms with Crippen LogP contribution in [0.3, 0.4) is 0 Å². The van der Waals surface area contributed by atoms with E-state index in [1.165, 1.54) is 0 Å². The van der Waals surface area contributed by atoms with Gasteiger partial charge < -0.3 is 18.9 Å². The summed E-state index contributed by atoms with van der Waals surface area (Å²) in [7, 11) is 7.05. The van der Waals surface area contributed by atoms with Gasteiger partial charge in [-0.1, -0.05) is 12.1 Å². The van der Waals surface area contributed by atoms with E-state index in [1.807, 2.05) is 26.4 Å². The Morgan fingerprint density at radius 2 is 1.96 bits per heavy atom. The fraction of sp³-hybridized carbons (Fsp3) is 0.684. The van der Waals surface area contributed by atoms with Crippen LogP contribution in [0.2, 0.25) is 0 Å². The van der Waals surface area contributed by atoms with E-state index in [2.05, 4.69) is 11.0 Å². The molecule has 0 aromatic heterocycles. The van der Waals surface area contributed by atoms with Gasteiger partial charge in [0.1, 0.15) is 0 Å². The van der Waals surface area contributed by atoms with E-state index in [0.717, 1.165) is 55.8 Å². The van der Waals surface area contributed by atoms with Crippen LogP contribution in [0.1, 0.15) is 31.2 Å². The van der Waals surface area contributed by atoms with Crippen LogP contribution in [0.4, 0.5) is 0 Å². The summed E-state index contributed by atoms with van der Waals surface area (Å²) in [6.07, 6.45) is 4.58. The van der Waals surface area contributed by atoms with Crippen molar-refractivity contribution in [2.45, 2.75) is 50.0 Å². The van der Waals surface area contributed by atoms with Crippen molar-refractivity contribution in [2.24, 2.45) is 0 Å². The normalized spacial score (nSPS) is 30.2. The molecule has 1 aromatic carbocycles. The van der Waals surface area contributed by atoms with E-state index in [4.69, 9.17) is 18.9 Å². The van der Waals surface area contributed by atoms with Crippen LogP contribution in [0.15, 0.2) is 18.2 Å². The number of likely N-dealkylation sites (tertiary alicyclic amines) is 1. The molecule has 5 nitrogen and oxygen atoms in total. The monoisotopic (exact) mass is 335 g/mol. The molecule has 0 unspecified atom stereocenters. The number of hydrogen-bond donors (Lipinski definition) is 0. The maximum absolute atomic E-state index is 6.01. The van der Waals surface area contributed by atoms with Gasteiger partial charge in [0.2, 0.25) is 0 Å². The first-order chi connectivity index (χ1) is 11.7. The van der Waals surface area contributed by atoms with Crippen LogP contribution >= 0.6 is 0 Å². The lowest BCUT2D eigenvalue weighted by atomic mass is 9.79. The molecule has 3 rings (SSSR count). The van der Waals surface area contributed by atoms with Crippen LogP contribution in [0.25, 0.3) is 0 Å². The maximum atomic E-state index is 6.01. The predicted octanol–water partition coefficient (Wildman–Crippen LogP) is 2.86. The topological polar surface area (TPSA) is 40.2 Å². The summed E-state index contributed by atoms with van der Waals surface area (Å²) < 4.78 is 22.7. The maximum Gasteiger partial charge on any atom is 0.165 e. The SMILES string of the molecule is COc1cccc(CN2CC[C@]3(OC)CC[C@H](OC)C[C@H]23)c1OC. The third kappa shape index (κ3) is 3.01. The average molecular weight is 335 g/mol.